The van der Waals surface area contributed by atoms with Crippen LogP contribution in [-0.4, -0.2) is 9.78 Å². The smallest absolute Gasteiger partial charge is 0.288 e. The molecular formula is C10H6F4N2S. The highest BCUT2D eigenvalue weighted by Gasteiger charge is 2.33. The number of aromatic nitrogens is 2. The van der Waals surface area contributed by atoms with Crippen molar-refractivity contribution in [1.82, 2.24) is 9.78 Å². The fraction of sp³-hybridized carbons (Fsp3) is 0.100. The topological polar surface area (TPSA) is 20.7 Å². The van der Waals surface area contributed by atoms with E-state index in [1.165, 1.54) is 18.2 Å². The van der Waals surface area contributed by atoms with Gasteiger partial charge in [0, 0.05) is 6.07 Å². The lowest BCUT2D eigenvalue weighted by Crippen LogP contribution is -2.07. The second-order valence-corrected chi connectivity index (χ2v) is 3.74. The number of halogens is 4. The second kappa shape index (κ2) is 3.99. The average Bonchev–Trinajstić information content (AvgIpc) is 2.60. The SMILES string of the molecule is Fc1cccc(-n2[nH]c(C(F)(F)F)cc2=S)c1. The lowest BCUT2D eigenvalue weighted by Gasteiger charge is -2.04. The first-order valence-electron chi connectivity index (χ1n) is 4.53. The summed E-state index contributed by atoms with van der Waals surface area (Å²) >= 11 is 4.78. The van der Waals surface area contributed by atoms with Crippen molar-refractivity contribution in [2.75, 3.05) is 0 Å². The summed E-state index contributed by atoms with van der Waals surface area (Å²) in [6.45, 7) is 0. The minimum absolute atomic E-state index is 0.0667. The van der Waals surface area contributed by atoms with Crippen molar-refractivity contribution in [3.63, 3.8) is 0 Å². The van der Waals surface area contributed by atoms with Gasteiger partial charge in [0.15, 0.2) is 0 Å². The van der Waals surface area contributed by atoms with Gasteiger partial charge >= 0.3 is 6.18 Å². The van der Waals surface area contributed by atoms with Crippen LogP contribution in [0.2, 0.25) is 0 Å². The van der Waals surface area contributed by atoms with Crippen molar-refractivity contribution in [1.29, 1.82) is 0 Å². The van der Waals surface area contributed by atoms with E-state index in [1.807, 2.05) is 0 Å². The van der Waals surface area contributed by atoms with Crippen molar-refractivity contribution >= 4 is 12.2 Å². The molecule has 17 heavy (non-hydrogen) atoms. The van der Waals surface area contributed by atoms with Crippen molar-refractivity contribution < 1.29 is 17.6 Å². The first-order chi connectivity index (χ1) is 7.88. The van der Waals surface area contributed by atoms with Crippen LogP contribution in [-0.2, 0) is 6.18 Å². The quantitative estimate of drug-likeness (QED) is 0.614. The fourth-order valence-electron chi connectivity index (χ4n) is 1.35. The summed E-state index contributed by atoms with van der Waals surface area (Å²) in [6, 6.07) is 5.92. The molecule has 0 fully saturated rings. The van der Waals surface area contributed by atoms with E-state index in [-0.39, 0.29) is 10.3 Å². The number of alkyl halides is 3. The van der Waals surface area contributed by atoms with Gasteiger partial charge in [0.25, 0.3) is 0 Å². The summed E-state index contributed by atoms with van der Waals surface area (Å²) in [6.07, 6.45) is -4.51. The molecule has 0 aliphatic carbocycles. The van der Waals surface area contributed by atoms with Crippen LogP contribution in [0.25, 0.3) is 5.69 Å². The Bertz CT molecular complexity index is 597. The van der Waals surface area contributed by atoms with E-state index in [9.17, 15) is 17.6 Å². The van der Waals surface area contributed by atoms with Crippen LogP contribution in [0.5, 0.6) is 0 Å². The molecule has 2 rings (SSSR count). The van der Waals surface area contributed by atoms with Gasteiger partial charge in [-0.3, -0.25) is 5.10 Å². The van der Waals surface area contributed by atoms with Gasteiger partial charge in [-0.05, 0) is 18.2 Å². The Hall–Kier alpha value is -1.63. The number of aromatic amines is 1. The first-order valence-corrected chi connectivity index (χ1v) is 4.94. The van der Waals surface area contributed by atoms with Crippen LogP contribution in [0.15, 0.2) is 30.3 Å². The Balaban J connectivity index is 2.54. The highest BCUT2D eigenvalue weighted by Crippen LogP contribution is 2.28. The maximum Gasteiger partial charge on any atom is 0.432 e. The average molecular weight is 262 g/mol. The van der Waals surface area contributed by atoms with Gasteiger partial charge in [-0.2, -0.15) is 13.2 Å². The van der Waals surface area contributed by atoms with Gasteiger partial charge in [-0.1, -0.05) is 18.3 Å². The summed E-state index contributed by atoms with van der Waals surface area (Å²) in [4.78, 5) is 0. The third kappa shape index (κ3) is 2.38. The lowest BCUT2D eigenvalue weighted by molar-refractivity contribution is -0.141. The largest absolute Gasteiger partial charge is 0.432 e. The molecule has 0 amide bonds. The van der Waals surface area contributed by atoms with Crippen molar-refractivity contribution in [2.45, 2.75) is 6.18 Å². The number of rotatable bonds is 1. The Labute approximate surface area is 98.5 Å². The molecule has 2 aromatic rings. The molecular weight excluding hydrogens is 256 g/mol. The zero-order valence-electron chi connectivity index (χ0n) is 8.25. The van der Waals surface area contributed by atoms with Crippen LogP contribution in [0.3, 0.4) is 0 Å². The van der Waals surface area contributed by atoms with E-state index in [1.54, 1.807) is 0 Å². The molecule has 1 N–H and O–H groups in total. The van der Waals surface area contributed by atoms with Crippen molar-refractivity contribution in [3.8, 4) is 5.69 Å². The minimum atomic E-state index is -4.51. The Morgan fingerprint density at radius 2 is 1.88 bits per heavy atom. The molecule has 2 nitrogen and oxygen atoms in total. The second-order valence-electron chi connectivity index (χ2n) is 3.32. The number of benzene rings is 1. The molecule has 1 aromatic carbocycles. The van der Waals surface area contributed by atoms with E-state index in [0.717, 1.165) is 16.8 Å². The van der Waals surface area contributed by atoms with Gasteiger partial charge in [0.05, 0.1) is 5.69 Å². The van der Waals surface area contributed by atoms with Crippen LogP contribution in [0, 0.1) is 10.5 Å². The van der Waals surface area contributed by atoms with E-state index >= 15 is 0 Å². The highest BCUT2D eigenvalue weighted by molar-refractivity contribution is 7.71. The monoisotopic (exact) mass is 262 g/mol. The summed E-state index contributed by atoms with van der Waals surface area (Å²) in [5.74, 6) is -0.549. The van der Waals surface area contributed by atoms with Crippen LogP contribution >= 0.6 is 12.2 Å². The summed E-state index contributed by atoms with van der Waals surface area (Å²) in [5.41, 5.74) is -0.753. The molecule has 0 radical (unpaired) electrons. The summed E-state index contributed by atoms with van der Waals surface area (Å²) < 4.78 is 51.1. The standard InChI is InChI=1S/C10H6F4N2S/c11-6-2-1-3-7(4-6)16-9(17)5-8(15-16)10(12,13)14/h1-5,15H. The zero-order chi connectivity index (χ0) is 12.6. The molecule has 0 spiro atoms. The molecule has 0 unspecified atom stereocenters. The number of hydrogen-bond donors (Lipinski definition) is 1. The highest BCUT2D eigenvalue weighted by atomic mass is 32.1. The Morgan fingerprint density at radius 3 is 2.41 bits per heavy atom. The van der Waals surface area contributed by atoms with Gasteiger partial charge in [-0.15, -0.1) is 0 Å². The van der Waals surface area contributed by atoms with E-state index in [0.29, 0.717) is 0 Å². The molecule has 0 aliphatic rings. The van der Waals surface area contributed by atoms with Gasteiger partial charge in [0.2, 0.25) is 0 Å². The van der Waals surface area contributed by atoms with E-state index in [2.05, 4.69) is 5.10 Å². The third-order valence-electron chi connectivity index (χ3n) is 2.09. The van der Waals surface area contributed by atoms with Gasteiger partial charge in [-0.25, -0.2) is 9.07 Å². The van der Waals surface area contributed by atoms with Crippen LogP contribution in [0.1, 0.15) is 5.69 Å². The first kappa shape index (κ1) is 11.8. The zero-order valence-corrected chi connectivity index (χ0v) is 9.07. The van der Waals surface area contributed by atoms with Crippen LogP contribution < -0.4 is 0 Å². The third-order valence-corrected chi connectivity index (χ3v) is 2.39. The van der Waals surface area contributed by atoms with Gasteiger partial charge in [0.1, 0.15) is 16.2 Å². The number of nitrogens with zero attached hydrogens (tertiary/aromatic N) is 1. The molecule has 1 aromatic heterocycles. The summed E-state index contributed by atoms with van der Waals surface area (Å²) in [5, 5.41) is 2.09. The number of hydrogen-bond acceptors (Lipinski definition) is 1. The molecule has 1 heterocycles. The Kier molecular flexibility index (Phi) is 2.78. The fourth-order valence-corrected chi connectivity index (χ4v) is 1.62. The predicted molar refractivity (Wildman–Crippen MR) is 55.9 cm³/mol. The van der Waals surface area contributed by atoms with E-state index < -0.39 is 17.7 Å². The lowest BCUT2D eigenvalue weighted by atomic mass is 10.3. The molecule has 0 aliphatic heterocycles. The molecule has 0 atom stereocenters. The normalized spacial score (nSPS) is 11.8. The van der Waals surface area contributed by atoms with Crippen molar-refractivity contribution in [3.05, 3.63) is 46.5 Å². The molecule has 0 saturated carbocycles. The maximum absolute atomic E-state index is 12.9. The minimum Gasteiger partial charge on any atom is -0.288 e. The van der Waals surface area contributed by atoms with Gasteiger partial charge < -0.3 is 0 Å². The predicted octanol–water partition coefficient (Wildman–Crippen LogP) is 3.69. The Morgan fingerprint density at radius 1 is 1.18 bits per heavy atom. The molecule has 7 heteroatoms. The van der Waals surface area contributed by atoms with E-state index in [4.69, 9.17) is 12.2 Å². The molecule has 0 saturated heterocycles. The number of H-pyrrole nitrogens is 1. The van der Waals surface area contributed by atoms with Crippen molar-refractivity contribution in [2.24, 2.45) is 0 Å². The number of nitrogens with one attached hydrogen (secondary N) is 1. The summed E-state index contributed by atoms with van der Waals surface area (Å²) in [7, 11) is 0. The maximum atomic E-state index is 12.9. The molecule has 0 bridgehead atoms. The molecule has 90 valence electrons. The van der Waals surface area contributed by atoms with Crippen LogP contribution in [0.4, 0.5) is 17.6 Å².